The first-order chi connectivity index (χ1) is 32.3. The summed E-state index contributed by atoms with van der Waals surface area (Å²) in [7, 11) is -1.10. The fourth-order valence-electron chi connectivity index (χ4n) is 9.02. The van der Waals surface area contributed by atoms with Gasteiger partial charge in [-0.15, -0.1) is 0 Å². The number of pyridine rings is 1. The topological polar surface area (TPSA) is 201 Å². The first-order valence-corrected chi connectivity index (χ1v) is 24.7. The summed E-state index contributed by atoms with van der Waals surface area (Å²) in [5.74, 6) is -2.25. The molecule has 4 aliphatic rings. The highest BCUT2D eigenvalue weighted by atomic mass is 32.2. The number of carbonyl (C=O) groups is 4. The van der Waals surface area contributed by atoms with E-state index >= 15 is 4.79 Å². The Kier molecular flexibility index (Phi) is 14.2. The van der Waals surface area contributed by atoms with Crippen molar-refractivity contribution in [2.75, 3.05) is 20.8 Å². The number of allylic oxidation sites excluding steroid dienone is 1. The Bertz CT molecular complexity index is 2600. The second-order valence-corrected chi connectivity index (χ2v) is 22.1. The van der Waals surface area contributed by atoms with E-state index in [4.69, 9.17) is 28.7 Å². The number of alkyl halides is 3. The minimum absolute atomic E-state index is 0.0717. The Morgan fingerprint density at radius 3 is 2.28 bits per heavy atom. The minimum Gasteiger partial charge on any atom is -0.497 e. The molecule has 1 saturated heterocycles. The lowest BCUT2D eigenvalue weighted by atomic mass is 9.88. The highest BCUT2D eigenvalue weighted by molar-refractivity contribution is 7.91. The van der Waals surface area contributed by atoms with Gasteiger partial charge in [0.05, 0.1) is 31.6 Å². The van der Waals surface area contributed by atoms with E-state index in [0.717, 1.165) is 0 Å². The van der Waals surface area contributed by atoms with Gasteiger partial charge in [-0.3, -0.25) is 19.1 Å². The number of benzene rings is 2. The van der Waals surface area contributed by atoms with Crippen LogP contribution in [0.25, 0.3) is 22.0 Å². The molecule has 2 saturated carbocycles. The standard InChI is InChI=1S/C49H62F3N5O11S/c1-27(2)66-32-16-14-30(15-17-32)39-40(65-9)36-23-33(64-8)18-19-35(36)42(53-39)67-34-24-37-41(58)55-48(44(60)56-69(62,63)47(7)20-21-47)25-31(48)13-11-10-12-28(3)22-29(4)38(43(59)57(37)26-34)54-45(61)68-46(5,6)49(50,51)52/h11,13-19,23,27-29,31,34,37-38H,10,12,20-22,24-26H2,1-9H3,(H,54,61)(H,55,58)(H,56,60)/b13-11-/t28-,29+,31+,34+,37-,38-,48+/m0/s1. The monoisotopic (exact) mass is 985 g/mol. The third-order valence-electron chi connectivity index (χ3n) is 13.7. The number of sulfonamides is 1. The molecule has 0 radical (unpaired) electrons. The molecule has 69 heavy (non-hydrogen) atoms. The van der Waals surface area contributed by atoms with Crippen LogP contribution in [-0.2, 0) is 29.1 Å². The molecule has 3 heterocycles. The average Bonchev–Trinajstić information content (AvgIpc) is 4.16. The number of amides is 4. The molecule has 3 N–H and O–H groups in total. The Balaban J connectivity index is 1.29. The van der Waals surface area contributed by atoms with E-state index in [1.165, 1.54) is 26.0 Å². The summed E-state index contributed by atoms with van der Waals surface area (Å²) in [6.45, 7) is 10.1. The van der Waals surface area contributed by atoms with Gasteiger partial charge in [0, 0.05) is 28.7 Å². The van der Waals surface area contributed by atoms with E-state index in [9.17, 15) is 36.0 Å². The summed E-state index contributed by atoms with van der Waals surface area (Å²) >= 11 is 0. The van der Waals surface area contributed by atoms with Crippen LogP contribution in [0.5, 0.6) is 23.1 Å². The lowest BCUT2D eigenvalue weighted by Gasteiger charge is -2.34. The molecule has 2 aliphatic carbocycles. The molecule has 4 amide bonds. The van der Waals surface area contributed by atoms with Gasteiger partial charge in [0.25, 0.3) is 5.91 Å². The van der Waals surface area contributed by atoms with Crippen molar-refractivity contribution < 1.29 is 64.5 Å². The van der Waals surface area contributed by atoms with Gasteiger partial charge in [-0.1, -0.05) is 26.0 Å². The molecule has 16 nitrogen and oxygen atoms in total. The molecule has 7 atom stereocenters. The van der Waals surface area contributed by atoms with Gasteiger partial charge in [-0.05, 0) is 127 Å². The summed E-state index contributed by atoms with van der Waals surface area (Å²) in [6.07, 6.45) is -1.79. The van der Waals surface area contributed by atoms with Crippen LogP contribution in [-0.4, -0.2) is 109 Å². The quantitative estimate of drug-likeness (QED) is 0.152. The zero-order valence-electron chi connectivity index (χ0n) is 40.3. The van der Waals surface area contributed by atoms with Crippen molar-refractivity contribution in [3.8, 4) is 34.4 Å². The molecule has 2 aliphatic heterocycles. The minimum atomic E-state index is -4.94. The van der Waals surface area contributed by atoms with Crippen molar-refractivity contribution in [1.82, 2.24) is 25.2 Å². The molecule has 7 rings (SSSR count). The zero-order chi connectivity index (χ0) is 50.4. The smallest absolute Gasteiger partial charge is 0.427 e. The fourth-order valence-corrected chi connectivity index (χ4v) is 10.3. The number of alkyl carbamates (subject to hydrolysis) is 1. The van der Waals surface area contributed by atoms with Crippen molar-refractivity contribution in [3.63, 3.8) is 0 Å². The molecule has 1 aromatic heterocycles. The second-order valence-electron chi connectivity index (χ2n) is 19.9. The van der Waals surface area contributed by atoms with Crippen molar-refractivity contribution in [1.29, 1.82) is 0 Å². The van der Waals surface area contributed by atoms with Gasteiger partial charge in [-0.25, -0.2) is 18.2 Å². The first kappa shape index (κ1) is 51.1. The lowest BCUT2D eigenvalue weighted by Crippen LogP contribution is -2.59. The van der Waals surface area contributed by atoms with E-state index in [1.807, 2.05) is 39.0 Å². The molecule has 0 bridgehead atoms. The van der Waals surface area contributed by atoms with Gasteiger partial charge < -0.3 is 39.2 Å². The largest absolute Gasteiger partial charge is 0.497 e. The van der Waals surface area contributed by atoms with E-state index in [2.05, 4.69) is 15.4 Å². The SMILES string of the molecule is COc1ccc2c(O[C@@H]3C[C@H]4C(=O)N[C@]5(C(=O)NS(=O)(=O)C6(C)CC6)C[C@H]5/C=C\CC[C@H](C)C[C@@H](C)[C@H](NC(=O)OC(C)(C)C(F)(F)F)C(=O)N4C3)nc(-c3ccc(OC(C)C)cc3)c(OC)c2c1. The van der Waals surface area contributed by atoms with Crippen LogP contribution in [0.15, 0.2) is 54.6 Å². The highest BCUT2D eigenvalue weighted by Gasteiger charge is 2.63. The third-order valence-corrected chi connectivity index (χ3v) is 15.8. The first-order valence-electron chi connectivity index (χ1n) is 23.2. The maximum absolute atomic E-state index is 15.1. The maximum atomic E-state index is 15.1. The van der Waals surface area contributed by atoms with Crippen LogP contribution in [0.2, 0.25) is 0 Å². The van der Waals surface area contributed by atoms with Crippen LogP contribution in [0.4, 0.5) is 18.0 Å². The molecule has 2 aromatic carbocycles. The van der Waals surface area contributed by atoms with Crippen molar-refractivity contribution in [2.24, 2.45) is 17.8 Å². The number of nitrogens with one attached hydrogen (secondary N) is 3. The number of hydrogen-bond acceptors (Lipinski definition) is 12. The molecule has 0 spiro atoms. The number of halogens is 3. The number of nitrogens with zero attached hydrogens (tertiary/aromatic N) is 2. The summed E-state index contributed by atoms with van der Waals surface area (Å²) in [6, 6.07) is 9.51. The Hall–Kier alpha value is -5.79. The predicted molar refractivity (Wildman–Crippen MR) is 249 cm³/mol. The third kappa shape index (κ3) is 10.7. The molecular weight excluding hydrogens is 924 g/mol. The van der Waals surface area contributed by atoms with Crippen molar-refractivity contribution >= 4 is 44.6 Å². The van der Waals surface area contributed by atoms with Gasteiger partial charge in [0.15, 0.2) is 5.75 Å². The number of aromatic nitrogens is 1. The van der Waals surface area contributed by atoms with Gasteiger partial charge in [0.1, 0.15) is 40.9 Å². The van der Waals surface area contributed by atoms with Crippen molar-refractivity contribution in [2.45, 2.75) is 140 Å². The van der Waals surface area contributed by atoms with E-state index < -0.39 is 85.9 Å². The lowest BCUT2D eigenvalue weighted by molar-refractivity contribution is -0.244. The van der Waals surface area contributed by atoms with Crippen LogP contribution < -0.4 is 34.3 Å². The van der Waals surface area contributed by atoms with Crippen LogP contribution in [0, 0.1) is 17.8 Å². The number of ether oxygens (including phenoxy) is 5. The zero-order valence-corrected chi connectivity index (χ0v) is 41.1. The molecule has 0 unspecified atom stereocenters. The van der Waals surface area contributed by atoms with E-state index in [-0.39, 0.29) is 37.3 Å². The van der Waals surface area contributed by atoms with Gasteiger partial charge in [0.2, 0.25) is 33.3 Å². The summed E-state index contributed by atoms with van der Waals surface area (Å²) < 4.78 is 98.5. The Morgan fingerprint density at radius 1 is 0.971 bits per heavy atom. The summed E-state index contributed by atoms with van der Waals surface area (Å²) in [4.78, 5) is 63.6. The van der Waals surface area contributed by atoms with Gasteiger partial charge >= 0.3 is 12.3 Å². The Labute approximate surface area is 400 Å². The number of carbonyl (C=O) groups excluding carboxylic acids is 4. The fraction of sp³-hybridized carbons (Fsp3) is 0.571. The molecule has 20 heteroatoms. The molecule has 3 fully saturated rings. The molecule has 376 valence electrons. The summed E-state index contributed by atoms with van der Waals surface area (Å²) in [5.41, 5.74) is -3.59. The number of hydrogen-bond donors (Lipinski definition) is 3. The maximum Gasteiger partial charge on any atom is 0.427 e. The van der Waals surface area contributed by atoms with Gasteiger partial charge in [-0.2, -0.15) is 13.2 Å². The van der Waals surface area contributed by atoms with Crippen LogP contribution >= 0.6 is 0 Å². The summed E-state index contributed by atoms with van der Waals surface area (Å²) in [5, 5.41) is 6.28. The van der Waals surface area contributed by atoms with Crippen molar-refractivity contribution in [3.05, 3.63) is 54.6 Å². The number of fused-ring (bicyclic) bond motifs is 3. The second kappa shape index (κ2) is 19.2. The number of rotatable bonds is 12. The van der Waals surface area contributed by atoms with Crippen LogP contribution in [0.1, 0.15) is 93.4 Å². The average molecular weight is 986 g/mol. The normalized spacial score (nSPS) is 26.6. The highest BCUT2D eigenvalue weighted by Crippen LogP contribution is 2.48. The van der Waals surface area contributed by atoms with Crippen LogP contribution in [0.3, 0.4) is 0 Å². The predicted octanol–water partition coefficient (Wildman–Crippen LogP) is 7.38. The Morgan fingerprint density at radius 2 is 1.65 bits per heavy atom. The molecular formula is C49H62F3N5O11S. The molecule has 3 aromatic rings. The van der Waals surface area contributed by atoms with E-state index in [0.29, 0.717) is 85.2 Å². The number of methoxy groups -OCH3 is 2. The van der Waals surface area contributed by atoms with E-state index in [1.54, 1.807) is 43.3 Å².